The highest BCUT2D eigenvalue weighted by atomic mass is 35.5. The van der Waals surface area contributed by atoms with Gasteiger partial charge in [-0.15, -0.1) is 12.4 Å². The third-order valence-electron chi connectivity index (χ3n) is 20.3. The Kier molecular flexibility index (Phi) is 18.6. The third-order valence-corrected chi connectivity index (χ3v) is 20.8. The van der Waals surface area contributed by atoms with Gasteiger partial charge in [-0.25, -0.2) is 4.98 Å². The Labute approximate surface area is 493 Å². The maximum Gasteiger partial charge on any atom is 0.153 e. The van der Waals surface area contributed by atoms with Crippen LogP contribution < -0.4 is 15.4 Å². The molecule has 1 aromatic heterocycles. The summed E-state index contributed by atoms with van der Waals surface area (Å²) in [4.78, 5) is 35.6. The molecule has 2 N–H and O–H groups in total. The van der Waals surface area contributed by atoms with E-state index in [2.05, 4.69) is 162 Å². The van der Waals surface area contributed by atoms with Gasteiger partial charge in [0.05, 0.1) is 35.9 Å². The predicted octanol–water partition coefficient (Wildman–Crippen LogP) is 10.7. The van der Waals surface area contributed by atoms with Crippen LogP contribution in [0.15, 0.2) is 103 Å². The van der Waals surface area contributed by atoms with Gasteiger partial charge in [0.15, 0.2) is 5.78 Å². The first kappa shape index (κ1) is 59.3. The van der Waals surface area contributed by atoms with Crippen LogP contribution in [0.25, 0.3) is 11.3 Å². The lowest BCUT2D eigenvalue weighted by atomic mass is 9.54. The van der Waals surface area contributed by atoms with Crippen molar-refractivity contribution in [1.82, 2.24) is 44.7 Å². The van der Waals surface area contributed by atoms with Crippen molar-refractivity contribution in [3.63, 3.8) is 0 Å². The SMILES string of the molecule is CCC12C(=O)C34C5C[C@H](Cc6ccc(Cl)cc6)N(C)C3[C@@H](COC)NC4[C@H](C)N(Cc3ccc(Cl)cc3Oc3ccc(-c4cnc(CN6CCCC6)n4C)cc3)C1C[C@@H](Cc1ccccc1)C2N(C)[C@@H](CCCCN(C)C)CN5.Cl. The average molecular weight is 1150 g/mol. The van der Waals surface area contributed by atoms with Gasteiger partial charge in [0.2, 0.25) is 0 Å². The van der Waals surface area contributed by atoms with E-state index in [0.717, 1.165) is 123 Å². The monoisotopic (exact) mass is 1150 g/mol. The molecule has 7 unspecified atom stereocenters. The molecule has 432 valence electrons. The maximum atomic E-state index is 17.8. The van der Waals surface area contributed by atoms with Crippen LogP contribution in [-0.4, -0.2) is 162 Å². The van der Waals surface area contributed by atoms with Gasteiger partial charge >= 0.3 is 0 Å². The summed E-state index contributed by atoms with van der Waals surface area (Å²) in [6.45, 7) is 10.9. The van der Waals surface area contributed by atoms with Gasteiger partial charge in [-0.05, 0) is 178 Å². The van der Waals surface area contributed by atoms with E-state index < -0.39 is 10.8 Å². The molecule has 5 aromatic rings. The smallest absolute Gasteiger partial charge is 0.153 e. The van der Waals surface area contributed by atoms with Crippen LogP contribution in [0.1, 0.15) is 87.7 Å². The van der Waals surface area contributed by atoms with Crippen LogP contribution in [0.4, 0.5) is 0 Å². The predicted molar refractivity (Wildman–Crippen MR) is 326 cm³/mol. The summed E-state index contributed by atoms with van der Waals surface area (Å²) in [5, 5.41) is 10.0. The molecule has 80 heavy (non-hydrogen) atoms. The summed E-state index contributed by atoms with van der Waals surface area (Å²) >= 11 is 13.4. The number of carbonyl (C=O) groups is 1. The number of unbranched alkanes of at least 4 members (excludes halogenated alkanes) is 1. The van der Waals surface area contributed by atoms with Crippen molar-refractivity contribution in [3.05, 3.63) is 136 Å². The second-order valence-electron chi connectivity index (χ2n) is 24.8. The molecule has 0 radical (unpaired) electrons. The van der Waals surface area contributed by atoms with Gasteiger partial charge in [-0.2, -0.15) is 0 Å². The highest BCUT2D eigenvalue weighted by Crippen LogP contribution is 2.63. The minimum atomic E-state index is -0.790. The van der Waals surface area contributed by atoms with Gasteiger partial charge in [0.25, 0.3) is 0 Å². The molecule has 1 saturated carbocycles. The molecule has 5 aliphatic heterocycles. The van der Waals surface area contributed by atoms with Gasteiger partial charge in [-0.3, -0.25) is 24.4 Å². The Morgan fingerprint density at radius 3 is 2.25 bits per heavy atom. The fraction of sp³-hybridized carbons (Fsp3) is 0.569. The molecular weight excluding hydrogens is 1060 g/mol. The number of imidazole rings is 1. The molecule has 1 aliphatic carbocycles. The molecule has 4 aromatic carbocycles. The Balaban J connectivity index is 0.00000720. The van der Waals surface area contributed by atoms with Crippen LogP contribution in [0, 0.1) is 16.7 Å². The number of aromatic nitrogens is 2. The number of ether oxygens (including phenoxy) is 2. The number of ketones is 1. The summed E-state index contributed by atoms with van der Waals surface area (Å²) in [5.74, 6) is 3.23. The van der Waals surface area contributed by atoms with Crippen molar-refractivity contribution in [2.45, 2.75) is 146 Å². The van der Waals surface area contributed by atoms with Crippen molar-refractivity contribution in [3.8, 4) is 22.8 Å². The largest absolute Gasteiger partial charge is 0.457 e. The van der Waals surface area contributed by atoms with Crippen LogP contribution in [0.3, 0.4) is 0 Å². The molecule has 12 nitrogen and oxygen atoms in total. The number of carbonyl (C=O) groups excluding carboxylic acids is 1. The molecule has 1 spiro atoms. The standard InChI is InChI=1S/C65H87Cl2N9O3.ClH/c1-9-64-58-35-48(33-44-17-11-10-12-18-44)61(64)72(5)51(19-13-14-30-71(3)4)38-68-57-37-52(34-45-20-25-49(66)26-21-45)73(6)62-54(42-78-8)70-60(65(57,62)63(64)77)43(2)76(58)40-47-22-27-50(67)36-56(47)79-53-28-23-46(24-29-53)55-39-69-59(74(55)7)41-75-31-15-16-32-75;/h10-12,17-18,20-29,36,39,43,48,51-52,54,57-58,60-62,68,70H,9,13-16,19,30-35,37-38,40-42H2,1-8H3;1H/t43-,48+,51-,52-,54+,57?,58?,60?,61?,62?,64?,65?;/m0./s1. The fourth-order valence-electron chi connectivity index (χ4n) is 16.6. The van der Waals surface area contributed by atoms with Crippen LogP contribution in [0.5, 0.6) is 11.5 Å². The number of benzene rings is 4. The number of likely N-dealkylation sites (N-methyl/N-ethyl adjacent to an activating group) is 2. The molecule has 6 heterocycles. The number of piperidine rings is 1. The molecule has 11 rings (SSSR count). The number of hydrogen-bond acceptors (Lipinski definition) is 11. The molecule has 0 amide bonds. The Morgan fingerprint density at radius 2 is 1.54 bits per heavy atom. The van der Waals surface area contributed by atoms with Gasteiger partial charge < -0.3 is 29.6 Å². The zero-order valence-electron chi connectivity index (χ0n) is 48.6. The lowest BCUT2D eigenvalue weighted by molar-refractivity contribution is -0.154. The number of halogens is 3. The Morgan fingerprint density at radius 1 is 0.825 bits per heavy atom. The molecule has 12 atom stereocenters. The first-order chi connectivity index (χ1) is 38.2. The number of likely N-dealkylation sites (tertiary alicyclic amines) is 3. The van der Waals surface area contributed by atoms with Crippen LogP contribution in [-0.2, 0) is 42.5 Å². The quantitative estimate of drug-likeness (QED) is 0.0775. The van der Waals surface area contributed by atoms with E-state index in [1.165, 1.54) is 24.0 Å². The minimum absolute atomic E-state index is 0. The average Bonchev–Trinajstić information content (AvgIpc) is 3.16. The van der Waals surface area contributed by atoms with Gasteiger partial charge in [0, 0.05) is 103 Å². The van der Waals surface area contributed by atoms with Crippen molar-refractivity contribution in [2.75, 3.05) is 68.1 Å². The first-order valence-corrected chi connectivity index (χ1v) is 30.5. The van der Waals surface area contributed by atoms with Crippen molar-refractivity contribution >= 4 is 41.4 Å². The summed E-state index contributed by atoms with van der Waals surface area (Å²) in [7, 11) is 13.0. The molecule has 6 aliphatic rings. The zero-order chi connectivity index (χ0) is 55.2. The highest BCUT2D eigenvalue weighted by Gasteiger charge is 2.77. The summed E-state index contributed by atoms with van der Waals surface area (Å²) in [6, 6.07) is 33.8. The van der Waals surface area contributed by atoms with Crippen molar-refractivity contribution < 1.29 is 14.3 Å². The van der Waals surface area contributed by atoms with Crippen molar-refractivity contribution in [1.29, 1.82) is 0 Å². The molecule has 5 saturated heterocycles. The van der Waals surface area contributed by atoms with E-state index in [4.69, 9.17) is 37.7 Å². The molecule has 2 bridgehead atoms. The number of hydrogen-bond donors (Lipinski definition) is 2. The maximum absolute atomic E-state index is 17.8. The number of nitrogens with one attached hydrogen (secondary N) is 2. The first-order valence-electron chi connectivity index (χ1n) is 29.7. The van der Waals surface area contributed by atoms with Crippen LogP contribution >= 0.6 is 35.6 Å². The zero-order valence-corrected chi connectivity index (χ0v) is 51.0. The van der Waals surface area contributed by atoms with E-state index in [0.29, 0.717) is 24.0 Å². The lowest BCUT2D eigenvalue weighted by Gasteiger charge is -2.57. The number of Topliss-reactive ketones (excluding diaryl/α,β-unsaturated/α-hetero) is 1. The van der Waals surface area contributed by atoms with E-state index in [1.54, 1.807) is 0 Å². The van der Waals surface area contributed by atoms with Gasteiger partial charge in [0.1, 0.15) is 17.3 Å². The number of methoxy groups -OCH3 is 1. The topological polar surface area (TPSA) is 93.6 Å². The van der Waals surface area contributed by atoms with E-state index in [1.807, 2.05) is 37.6 Å². The summed E-state index contributed by atoms with van der Waals surface area (Å²) in [6.07, 6.45) is 12.1. The minimum Gasteiger partial charge on any atom is -0.457 e. The lowest BCUT2D eigenvalue weighted by Crippen LogP contribution is -2.73. The highest BCUT2D eigenvalue weighted by molar-refractivity contribution is 6.31. The van der Waals surface area contributed by atoms with Gasteiger partial charge in [-0.1, -0.05) is 85.1 Å². The summed E-state index contributed by atoms with van der Waals surface area (Å²) in [5.41, 5.74) is 4.30. The molecule has 6 fully saturated rings. The second kappa shape index (κ2) is 25.1. The number of rotatable bonds is 19. The van der Waals surface area contributed by atoms with Crippen molar-refractivity contribution in [2.24, 2.45) is 23.8 Å². The van der Waals surface area contributed by atoms with E-state index in [9.17, 15) is 0 Å². The molecular formula is C65H88Cl3N9O3. The second-order valence-corrected chi connectivity index (χ2v) is 25.7. The Hall–Kier alpha value is -3.89. The van der Waals surface area contributed by atoms with Crippen LogP contribution in [0.2, 0.25) is 10.0 Å². The normalized spacial score (nSPS) is 30.9. The summed E-state index contributed by atoms with van der Waals surface area (Å²) < 4.78 is 15.5. The third kappa shape index (κ3) is 11.1. The van der Waals surface area contributed by atoms with E-state index in [-0.39, 0.29) is 72.7 Å². The fourth-order valence-corrected chi connectivity index (χ4v) is 16.9. The Bertz CT molecular complexity index is 2870. The van der Waals surface area contributed by atoms with E-state index >= 15 is 4.79 Å². The molecule has 15 heteroatoms. The number of nitrogens with zero attached hydrogens (tertiary/aromatic N) is 7.